The van der Waals surface area contributed by atoms with Gasteiger partial charge in [0.05, 0.1) is 23.4 Å². The number of rotatable bonds is 1. The van der Waals surface area contributed by atoms with Crippen LogP contribution in [-0.2, 0) is 6.42 Å². The molecule has 0 aliphatic rings. The summed E-state index contributed by atoms with van der Waals surface area (Å²) in [4.78, 5) is 15.9. The molecule has 0 fully saturated rings. The summed E-state index contributed by atoms with van der Waals surface area (Å²) in [5.74, 6) is 5.80. The summed E-state index contributed by atoms with van der Waals surface area (Å²) in [6.07, 6.45) is 0.0244. The number of benzene rings is 1. The standard InChI is InChI=1S/C10H8N4O/c11-6-5-9-13-8-4-2-1-3-7(8)10(15)14(9)12/h1-4H,5,12H2. The number of hydrogen-bond acceptors (Lipinski definition) is 4. The van der Waals surface area contributed by atoms with E-state index in [2.05, 4.69) is 4.98 Å². The van der Waals surface area contributed by atoms with Crippen LogP contribution in [0.4, 0.5) is 0 Å². The zero-order valence-electron chi connectivity index (χ0n) is 7.84. The zero-order valence-corrected chi connectivity index (χ0v) is 7.84. The molecular formula is C10H8N4O. The lowest BCUT2D eigenvalue weighted by Gasteiger charge is -2.05. The van der Waals surface area contributed by atoms with Crippen LogP contribution in [0.25, 0.3) is 10.9 Å². The van der Waals surface area contributed by atoms with E-state index in [1.54, 1.807) is 24.3 Å². The zero-order chi connectivity index (χ0) is 10.8. The Hall–Kier alpha value is -2.35. The topological polar surface area (TPSA) is 84.7 Å². The molecule has 0 spiro atoms. The van der Waals surface area contributed by atoms with Crippen LogP contribution in [-0.4, -0.2) is 9.66 Å². The van der Waals surface area contributed by atoms with Crippen LogP contribution in [0.15, 0.2) is 29.1 Å². The van der Waals surface area contributed by atoms with Crippen molar-refractivity contribution in [2.24, 2.45) is 0 Å². The Morgan fingerprint density at radius 2 is 2.20 bits per heavy atom. The van der Waals surface area contributed by atoms with Gasteiger partial charge in [-0.3, -0.25) is 4.79 Å². The highest BCUT2D eigenvalue weighted by atomic mass is 16.1. The van der Waals surface area contributed by atoms with Crippen molar-refractivity contribution in [3.63, 3.8) is 0 Å². The molecule has 5 heteroatoms. The lowest BCUT2D eigenvalue weighted by molar-refractivity contribution is 0.826. The van der Waals surface area contributed by atoms with E-state index >= 15 is 0 Å². The van der Waals surface area contributed by atoms with Crippen LogP contribution in [0.1, 0.15) is 5.82 Å². The van der Waals surface area contributed by atoms with Gasteiger partial charge in [-0.1, -0.05) is 12.1 Å². The molecule has 0 saturated carbocycles. The Labute approximate surface area is 85.4 Å². The Kier molecular flexibility index (Phi) is 2.10. The summed E-state index contributed by atoms with van der Waals surface area (Å²) in [5, 5.41) is 9.01. The average molecular weight is 200 g/mol. The van der Waals surface area contributed by atoms with E-state index in [-0.39, 0.29) is 17.8 Å². The summed E-state index contributed by atoms with van der Waals surface area (Å²) in [6.45, 7) is 0. The second kappa shape index (κ2) is 3.42. The van der Waals surface area contributed by atoms with E-state index in [1.165, 1.54) is 0 Å². The van der Waals surface area contributed by atoms with Gasteiger partial charge in [0.2, 0.25) is 0 Å². The molecule has 2 N–H and O–H groups in total. The summed E-state index contributed by atoms with van der Waals surface area (Å²) in [5.41, 5.74) is 0.236. The van der Waals surface area contributed by atoms with Crippen LogP contribution >= 0.6 is 0 Å². The van der Waals surface area contributed by atoms with Crippen LogP contribution in [0, 0.1) is 11.3 Å². The van der Waals surface area contributed by atoms with E-state index in [4.69, 9.17) is 11.1 Å². The first-order chi connectivity index (χ1) is 7.24. The predicted molar refractivity (Wildman–Crippen MR) is 55.5 cm³/mol. The molecule has 0 radical (unpaired) electrons. The number of nitrogen functional groups attached to an aromatic ring is 1. The van der Waals surface area contributed by atoms with Gasteiger partial charge in [-0.2, -0.15) is 5.26 Å². The van der Waals surface area contributed by atoms with Gasteiger partial charge < -0.3 is 5.84 Å². The summed E-state index contributed by atoms with van der Waals surface area (Å²) in [7, 11) is 0. The van der Waals surface area contributed by atoms with E-state index in [0.29, 0.717) is 10.9 Å². The first-order valence-corrected chi connectivity index (χ1v) is 4.36. The highest BCUT2D eigenvalue weighted by Gasteiger charge is 2.07. The third-order valence-corrected chi connectivity index (χ3v) is 2.12. The minimum absolute atomic E-state index is 0.0244. The number of aromatic nitrogens is 2. The third-order valence-electron chi connectivity index (χ3n) is 2.12. The average Bonchev–Trinajstić information content (AvgIpc) is 2.26. The minimum atomic E-state index is -0.328. The number of nitriles is 1. The van der Waals surface area contributed by atoms with Crippen molar-refractivity contribution >= 4 is 10.9 Å². The molecule has 0 bridgehead atoms. The van der Waals surface area contributed by atoms with E-state index in [0.717, 1.165) is 4.68 Å². The van der Waals surface area contributed by atoms with Crippen molar-refractivity contribution in [1.82, 2.24) is 9.66 Å². The Morgan fingerprint density at radius 1 is 1.47 bits per heavy atom. The third kappa shape index (κ3) is 1.42. The first kappa shape index (κ1) is 9.21. The van der Waals surface area contributed by atoms with E-state index < -0.39 is 0 Å². The molecule has 0 atom stereocenters. The normalized spacial score (nSPS) is 10.1. The fourth-order valence-corrected chi connectivity index (χ4v) is 1.39. The van der Waals surface area contributed by atoms with Crippen molar-refractivity contribution in [3.05, 3.63) is 40.4 Å². The van der Waals surface area contributed by atoms with Crippen molar-refractivity contribution in [2.45, 2.75) is 6.42 Å². The van der Waals surface area contributed by atoms with E-state index in [9.17, 15) is 4.79 Å². The van der Waals surface area contributed by atoms with Crippen LogP contribution < -0.4 is 11.4 Å². The molecule has 74 valence electrons. The van der Waals surface area contributed by atoms with Gasteiger partial charge in [0.1, 0.15) is 5.82 Å². The smallest absolute Gasteiger partial charge is 0.279 e. The monoisotopic (exact) mass is 200 g/mol. The molecule has 0 unspecified atom stereocenters. The highest BCUT2D eigenvalue weighted by Crippen LogP contribution is 2.06. The van der Waals surface area contributed by atoms with Gasteiger partial charge in [0, 0.05) is 0 Å². The predicted octanol–water partition coefficient (Wildman–Crippen LogP) is 0.176. The van der Waals surface area contributed by atoms with Crippen molar-refractivity contribution < 1.29 is 0 Å². The molecule has 0 aliphatic carbocycles. The van der Waals surface area contributed by atoms with Gasteiger partial charge in [0.15, 0.2) is 0 Å². The molecule has 5 nitrogen and oxygen atoms in total. The Morgan fingerprint density at radius 3 is 2.93 bits per heavy atom. The lowest BCUT2D eigenvalue weighted by atomic mass is 10.2. The SMILES string of the molecule is N#CCc1nc2ccccc2c(=O)n1N. The molecule has 1 heterocycles. The molecular weight excluding hydrogens is 192 g/mol. The summed E-state index contributed by atoms with van der Waals surface area (Å²) in [6, 6.07) is 8.82. The van der Waals surface area contributed by atoms with Crippen LogP contribution in [0.2, 0.25) is 0 Å². The number of fused-ring (bicyclic) bond motifs is 1. The number of para-hydroxylation sites is 1. The molecule has 1 aromatic heterocycles. The van der Waals surface area contributed by atoms with Crippen LogP contribution in [0.5, 0.6) is 0 Å². The molecule has 2 aromatic rings. The molecule has 15 heavy (non-hydrogen) atoms. The van der Waals surface area contributed by atoms with Crippen molar-refractivity contribution in [1.29, 1.82) is 5.26 Å². The molecule has 2 rings (SSSR count). The van der Waals surface area contributed by atoms with Gasteiger partial charge >= 0.3 is 0 Å². The summed E-state index contributed by atoms with van der Waals surface area (Å²) >= 11 is 0. The molecule has 0 amide bonds. The number of hydrogen-bond donors (Lipinski definition) is 1. The maximum absolute atomic E-state index is 11.7. The lowest BCUT2D eigenvalue weighted by Crippen LogP contribution is -2.31. The second-order valence-corrected chi connectivity index (χ2v) is 3.06. The van der Waals surface area contributed by atoms with Gasteiger partial charge in [-0.15, -0.1) is 0 Å². The van der Waals surface area contributed by atoms with Gasteiger partial charge in [-0.05, 0) is 12.1 Å². The quantitative estimate of drug-likeness (QED) is 0.665. The Bertz CT molecular complexity index is 609. The van der Waals surface area contributed by atoms with Gasteiger partial charge in [-0.25, -0.2) is 9.66 Å². The maximum atomic E-state index is 11.7. The van der Waals surface area contributed by atoms with E-state index in [1.807, 2.05) is 6.07 Å². The highest BCUT2D eigenvalue weighted by molar-refractivity contribution is 5.77. The fraction of sp³-hybridized carbons (Fsp3) is 0.100. The number of nitrogens with two attached hydrogens (primary N) is 1. The van der Waals surface area contributed by atoms with Crippen LogP contribution in [0.3, 0.4) is 0 Å². The second-order valence-electron chi connectivity index (χ2n) is 3.06. The minimum Gasteiger partial charge on any atom is -0.335 e. The maximum Gasteiger partial charge on any atom is 0.279 e. The summed E-state index contributed by atoms with van der Waals surface area (Å²) < 4.78 is 0.922. The fourth-order valence-electron chi connectivity index (χ4n) is 1.39. The Balaban J connectivity index is 2.84. The molecule has 1 aromatic carbocycles. The first-order valence-electron chi connectivity index (χ1n) is 4.36. The molecule has 0 aliphatic heterocycles. The van der Waals surface area contributed by atoms with Crippen molar-refractivity contribution in [3.8, 4) is 6.07 Å². The molecule has 0 saturated heterocycles. The van der Waals surface area contributed by atoms with Crippen molar-refractivity contribution in [2.75, 3.05) is 5.84 Å². The van der Waals surface area contributed by atoms with Gasteiger partial charge in [0.25, 0.3) is 5.56 Å². The largest absolute Gasteiger partial charge is 0.335 e. The number of nitrogens with zero attached hydrogens (tertiary/aromatic N) is 3.